The molecule has 0 spiro atoms. The van der Waals surface area contributed by atoms with Gasteiger partial charge in [0.1, 0.15) is 0 Å². The Morgan fingerprint density at radius 1 is 1.23 bits per heavy atom. The van der Waals surface area contributed by atoms with Gasteiger partial charge in [0.15, 0.2) is 18.1 Å². The van der Waals surface area contributed by atoms with Crippen molar-refractivity contribution in [3.63, 3.8) is 0 Å². The maximum atomic E-state index is 12.2. The van der Waals surface area contributed by atoms with Crippen LogP contribution in [0.1, 0.15) is 15.7 Å². The van der Waals surface area contributed by atoms with Gasteiger partial charge in [-0.1, -0.05) is 12.1 Å². The number of nitrogens with zero attached hydrogens (tertiary/aromatic N) is 1. The van der Waals surface area contributed by atoms with Gasteiger partial charge in [-0.15, -0.1) is 23.5 Å². The van der Waals surface area contributed by atoms with E-state index >= 15 is 0 Å². The van der Waals surface area contributed by atoms with Gasteiger partial charge in [-0.05, 0) is 29.8 Å². The summed E-state index contributed by atoms with van der Waals surface area (Å²) in [7, 11) is 1.49. The Bertz CT molecular complexity index is 830. The number of hydrogen-bond acceptors (Lipinski definition) is 6. The molecule has 0 aromatic heterocycles. The van der Waals surface area contributed by atoms with Crippen LogP contribution in [0.25, 0.3) is 0 Å². The van der Waals surface area contributed by atoms with Gasteiger partial charge >= 0.3 is 0 Å². The van der Waals surface area contributed by atoms with Gasteiger partial charge < -0.3 is 14.8 Å². The first kappa shape index (κ1) is 18.5. The molecule has 5 nitrogen and oxygen atoms in total. The quantitative estimate of drug-likeness (QED) is 0.807. The minimum Gasteiger partial charge on any atom is -0.493 e. The predicted molar refractivity (Wildman–Crippen MR) is 106 cm³/mol. The maximum Gasteiger partial charge on any atom is 0.262 e. The fourth-order valence-corrected chi connectivity index (χ4v) is 5.35. The summed E-state index contributed by atoms with van der Waals surface area (Å²) in [5, 5.41) is 11.8. The zero-order valence-corrected chi connectivity index (χ0v) is 15.9. The lowest BCUT2D eigenvalue weighted by molar-refractivity contribution is -0.118. The highest BCUT2D eigenvalue weighted by molar-refractivity contribution is 8.19. The van der Waals surface area contributed by atoms with Crippen LogP contribution in [0.15, 0.2) is 42.5 Å². The average molecular weight is 386 g/mol. The van der Waals surface area contributed by atoms with E-state index < -0.39 is 0 Å². The SMILES string of the molecule is COc1cc(C#N)ccc1OCC(=O)Nc1cccc(C2SCCS2)c1. The second-order valence-electron chi connectivity index (χ2n) is 5.51. The molecule has 0 unspecified atom stereocenters. The van der Waals surface area contributed by atoms with Crippen LogP contribution in [0.2, 0.25) is 0 Å². The first-order valence-electron chi connectivity index (χ1n) is 8.03. The molecule has 1 aliphatic heterocycles. The van der Waals surface area contributed by atoms with Gasteiger partial charge in [0, 0.05) is 23.3 Å². The number of carbonyl (C=O) groups excluding carboxylic acids is 1. The molecule has 1 N–H and O–H groups in total. The van der Waals surface area contributed by atoms with Crippen molar-refractivity contribution in [2.75, 3.05) is 30.5 Å². The van der Waals surface area contributed by atoms with Crippen LogP contribution in [0, 0.1) is 11.3 Å². The predicted octanol–water partition coefficient (Wildman–Crippen LogP) is 4.06. The highest BCUT2D eigenvalue weighted by atomic mass is 32.2. The molecule has 134 valence electrons. The van der Waals surface area contributed by atoms with E-state index in [1.807, 2.05) is 47.8 Å². The van der Waals surface area contributed by atoms with Crippen LogP contribution < -0.4 is 14.8 Å². The fraction of sp³-hybridized carbons (Fsp3) is 0.263. The van der Waals surface area contributed by atoms with Crippen LogP contribution in [-0.2, 0) is 4.79 Å². The fourth-order valence-electron chi connectivity index (χ4n) is 2.51. The van der Waals surface area contributed by atoms with Crippen LogP contribution in [-0.4, -0.2) is 31.1 Å². The number of thioether (sulfide) groups is 2. The second-order valence-corrected chi connectivity index (χ2v) is 8.24. The molecule has 1 saturated heterocycles. The summed E-state index contributed by atoms with van der Waals surface area (Å²) in [4.78, 5) is 12.2. The van der Waals surface area contributed by atoms with E-state index in [9.17, 15) is 4.79 Å². The van der Waals surface area contributed by atoms with Crippen molar-refractivity contribution in [2.45, 2.75) is 4.58 Å². The number of anilines is 1. The van der Waals surface area contributed by atoms with Gasteiger partial charge in [0.25, 0.3) is 5.91 Å². The lowest BCUT2D eigenvalue weighted by atomic mass is 10.2. The maximum absolute atomic E-state index is 12.2. The Balaban J connectivity index is 1.59. The molecule has 2 aromatic carbocycles. The van der Waals surface area contributed by atoms with E-state index in [0.29, 0.717) is 21.6 Å². The molecule has 2 aromatic rings. The van der Waals surface area contributed by atoms with Crippen LogP contribution in [0.4, 0.5) is 5.69 Å². The van der Waals surface area contributed by atoms with E-state index in [4.69, 9.17) is 14.7 Å². The van der Waals surface area contributed by atoms with Crippen molar-refractivity contribution in [3.8, 4) is 17.6 Å². The minimum atomic E-state index is -0.250. The zero-order chi connectivity index (χ0) is 18.4. The number of amides is 1. The molecular formula is C19H18N2O3S2. The first-order valence-corrected chi connectivity index (χ1v) is 10.1. The molecule has 1 amide bonds. The van der Waals surface area contributed by atoms with Crippen molar-refractivity contribution in [1.29, 1.82) is 5.26 Å². The summed E-state index contributed by atoms with van der Waals surface area (Å²) < 4.78 is 11.2. The van der Waals surface area contributed by atoms with Gasteiger partial charge in [-0.2, -0.15) is 5.26 Å². The highest BCUT2D eigenvalue weighted by Crippen LogP contribution is 2.45. The van der Waals surface area contributed by atoms with Crippen molar-refractivity contribution in [1.82, 2.24) is 0 Å². The molecule has 1 fully saturated rings. The average Bonchev–Trinajstić information content (AvgIpc) is 3.21. The lowest BCUT2D eigenvalue weighted by Gasteiger charge is -2.13. The number of methoxy groups -OCH3 is 1. The van der Waals surface area contributed by atoms with Gasteiger partial charge in [0.05, 0.1) is 23.3 Å². The van der Waals surface area contributed by atoms with E-state index in [1.54, 1.807) is 18.2 Å². The number of nitriles is 1. The Kier molecular flexibility index (Phi) is 6.31. The Hall–Kier alpha value is -2.30. The summed E-state index contributed by atoms with van der Waals surface area (Å²) in [6.45, 7) is -0.139. The van der Waals surface area contributed by atoms with E-state index in [-0.39, 0.29) is 12.5 Å². The number of hydrogen-bond donors (Lipinski definition) is 1. The molecule has 0 atom stereocenters. The largest absolute Gasteiger partial charge is 0.493 e. The molecule has 0 bridgehead atoms. The van der Waals surface area contributed by atoms with Crippen molar-refractivity contribution >= 4 is 35.1 Å². The molecule has 0 radical (unpaired) electrons. The smallest absolute Gasteiger partial charge is 0.262 e. The molecule has 7 heteroatoms. The lowest BCUT2D eigenvalue weighted by Crippen LogP contribution is -2.20. The minimum absolute atomic E-state index is 0.139. The van der Waals surface area contributed by atoms with Crippen molar-refractivity contribution < 1.29 is 14.3 Å². The number of ether oxygens (including phenoxy) is 2. The zero-order valence-electron chi connectivity index (χ0n) is 14.2. The van der Waals surface area contributed by atoms with E-state index in [0.717, 1.165) is 17.2 Å². The molecule has 0 aliphatic carbocycles. The standard InChI is InChI=1S/C19H18N2O3S2/c1-23-17-9-13(11-20)5-6-16(17)24-12-18(22)21-15-4-2-3-14(10-15)19-25-7-8-26-19/h2-6,9-10,19H,7-8,12H2,1H3,(H,21,22). The second kappa shape index (κ2) is 8.88. The Labute approximate surface area is 161 Å². The third kappa shape index (κ3) is 4.65. The van der Waals surface area contributed by atoms with Crippen LogP contribution >= 0.6 is 23.5 Å². The summed E-state index contributed by atoms with van der Waals surface area (Å²) in [6.07, 6.45) is 0. The number of rotatable bonds is 6. The Morgan fingerprint density at radius 2 is 2.04 bits per heavy atom. The number of nitrogens with one attached hydrogen (secondary N) is 1. The van der Waals surface area contributed by atoms with Crippen molar-refractivity contribution in [2.24, 2.45) is 0 Å². The van der Waals surface area contributed by atoms with E-state index in [1.165, 1.54) is 12.7 Å². The third-order valence-electron chi connectivity index (χ3n) is 3.72. The molecule has 1 aliphatic rings. The summed E-state index contributed by atoms with van der Waals surface area (Å²) >= 11 is 3.85. The monoisotopic (exact) mass is 386 g/mol. The van der Waals surface area contributed by atoms with Gasteiger partial charge in [0.2, 0.25) is 0 Å². The topological polar surface area (TPSA) is 71.3 Å². The number of benzene rings is 2. The third-order valence-corrected chi connectivity index (χ3v) is 6.82. The van der Waals surface area contributed by atoms with Gasteiger partial charge in [-0.25, -0.2) is 0 Å². The normalized spacial score (nSPS) is 13.8. The molecule has 1 heterocycles. The summed E-state index contributed by atoms with van der Waals surface area (Å²) in [6, 6.07) is 14.8. The van der Waals surface area contributed by atoms with Crippen molar-refractivity contribution in [3.05, 3.63) is 53.6 Å². The van der Waals surface area contributed by atoms with Gasteiger partial charge in [-0.3, -0.25) is 4.79 Å². The van der Waals surface area contributed by atoms with Crippen LogP contribution in [0.3, 0.4) is 0 Å². The number of carbonyl (C=O) groups is 1. The molecular weight excluding hydrogens is 368 g/mol. The molecule has 3 rings (SSSR count). The first-order chi connectivity index (χ1) is 12.7. The summed E-state index contributed by atoms with van der Waals surface area (Å²) in [5.41, 5.74) is 2.44. The Morgan fingerprint density at radius 3 is 2.77 bits per heavy atom. The molecule has 0 saturated carbocycles. The summed E-state index contributed by atoms with van der Waals surface area (Å²) in [5.74, 6) is 2.92. The molecule has 26 heavy (non-hydrogen) atoms. The highest BCUT2D eigenvalue weighted by Gasteiger charge is 2.18. The van der Waals surface area contributed by atoms with Crippen LogP contribution in [0.5, 0.6) is 11.5 Å². The van der Waals surface area contributed by atoms with E-state index in [2.05, 4.69) is 11.4 Å².